The van der Waals surface area contributed by atoms with E-state index in [1.165, 1.54) is 0 Å². The Bertz CT molecular complexity index is 668. The molecule has 3 heterocycles. The van der Waals surface area contributed by atoms with Crippen LogP contribution in [0.1, 0.15) is 39.2 Å². The quantitative estimate of drug-likeness (QED) is 0.849. The lowest BCUT2D eigenvalue weighted by Crippen LogP contribution is -2.51. The van der Waals surface area contributed by atoms with Crippen LogP contribution in [-0.2, 0) is 16.0 Å². The minimum atomic E-state index is -0.528. The summed E-state index contributed by atoms with van der Waals surface area (Å²) in [7, 11) is 0. The van der Waals surface area contributed by atoms with Crippen molar-refractivity contribution in [2.75, 3.05) is 23.7 Å². The Balaban J connectivity index is 1.78. The molecule has 1 fully saturated rings. The molecule has 0 radical (unpaired) electrons. The molecule has 2 amide bonds. The number of hydrogen-bond donors (Lipinski definition) is 1. The van der Waals surface area contributed by atoms with Gasteiger partial charge in [-0.25, -0.2) is 9.78 Å². The summed E-state index contributed by atoms with van der Waals surface area (Å²) in [5, 5.41) is 0. The zero-order valence-electron chi connectivity index (χ0n) is 14.4. The van der Waals surface area contributed by atoms with Crippen LogP contribution in [0.3, 0.4) is 0 Å². The lowest BCUT2D eigenvalue weighted by Gasteiger charge is -2.38. The molecule has 0 saturated carbocycles. The number of carbonyl (C=O) groups excluding carboxylic acids is 2. The van der Waals surface area contributed by atoms with Gasteiger partial charge in [0.05, 0.1) is 18.2 Å². The SMILES string of the molecule is CC(C)(C)OC(=O)N1CCC[C@@H](N2C(=O)Cc3c2ccnc3N)C1. The fourth-order valence-corrected chi connectivity index (χ4v) is 3.33. The molecule has 2 aliphatic heterocycles. The Morgan fingerprint density at radius 2 is 2.17 bits per heavy atom. The summed E-state index contributed by atoms with van der Waals surface area (Å²) < 4.78 is 5.46. The highest BCUT2D eigenvalue weighted by Gasteiger charge is 2.38. The van der Waals surface area contributed by atoms with E-state index in [0.29, 0.717) is 18.9 Å². The van der Waals surface area contributed by atoms with Crippen molar-refractivity contribution in [3.05, 3.63) is 17.8 Å². The minimum absolute atomic E-state index is 0.0146. The van der Waals surface area contributed by atoms with Crippen LogP contribution in [0.5, 0.6) is 0 Å². The van der Waals surface area contributed by atoms with Gasteiger partial charge >= 0.3 is 6.09 Å². The number of anilines is 2. The van der Waals surface area contributed by atoms with Crippen molar-refractivity contribution < 1.29 is 14.3 Å². The van der Waals surface area contributed by atoms with Crippen molar-refractivity contribution in [1.82, 2.24) is 9.88 Å². The second kappa shape index (κ2) is 5.96. The minimum Gasteiger partial charge on any atom is -0.444 e. The lowest BCUT2D eigenvalue weighted by molar-refractivity contribution is -0.118. The van der Waals surface area contributed by atoms with Crippen LogP contribution in [0.25, 0.3) is 0 Å². The number of aromatic nitrogens is 1. The largest absolute Gasteiger partial charge is 0.444 e. The summed E-state index contributed by atoms with van der Waals surface area (Å²) in [4.78, 5) is 32.4. The molecule has 2 N–H and O–H groups in total. The zero-order valence-corrected chi connectivity index (χ0v) is 14.4. The molecule has 130 valence electrons. The van der Waals surface area contributed by atoms with Crippen LogP contribution in [0.15, 0.2) is 12.3 Å². The first-order valence-electron chi connectivity index (χ1n) is 8.29. The molecular weight excluding hydrogens is 308 g/mol. The van der Waals surface area contributed by atoms with Gasteiger partial charge in [-0.1, -0.05) is 0 Å². The third-order valence-corrected chi connectivity index (χ3v) is 4.33. The topological polar surface area (TPSA) is 88.8 Å². The summed E-state index contributed by atoms with van der Waals surface area (Å²) in [6.07, 6.45) is 3.26. The average Bonchev–Trinajstić information content (AvgIpc) is 2.83. The van der Waals surface area contributed by atoms with Gasteiger partial charge in [0.25, 0.3) is 0 Å². The van der Waals surface area contributed by atoms with E-state index in [1.807, 2.05) is 26.8 Å². The van der Waals surface area contributed by atoms with E-state index in [1.54, 1.807) is 16.0 Å². The third-order valence-electron chi connectivity index (χ3n) is 4.33. The van der Waals surface area contributed by atoms with Crippen molar-refractivity contribution in [3.63, 3.8) is 0 Å². The second-order valence-corrected chi connectivity index (χ2v) is 7.36. The molecule has 3 rings (SSSR count). The Morgan fingerprint density at radius 3 is 2.88 bits per heavy atom. The van der Waals surface area contributed by atoms with Crippen LogP contribution in [0.4, 0.5) is 16.3 Å². The molecule has 0 aliphatic carbocycles. The van der Waals surface area contributed by atoms with E-state index in [4.69, 9.17) is 10.5 Å². The molecule has 1 aromatic rings. The van der Waals surface area contributed by atoms with Crippen molar-refractivity contribution in [2.24, 2.45) is 0 Å². The predicted molar refractivity (Wildman–Crippen MR) is 90.7 cm³/mol. The maximum absolute atomic E-state index is 12.5. The molecule has 1 saturated heterocycles. The van der Waals surface area contributed by atoms with Gasteiger partial charge in [0, 0.05) is 24.8 Å². The Hall–Kier alpha value is -2.31. The summed E-state index contributed by atoms with van der Waals surface area (Å²) in [6.45, 7) is 6.67. The highest BCUT2D eigenvalue weighted by atomic mass is 16.6. The molecule has 0 spiro atoms. The van der Waals surface area contributed by atoms with Crippen molar-refractivity contribution in [1.29, 1.82) is 0 Å². The van der Waals surface area contributed by atoms with E-state index in [9.17, 15) is 9.59 Å². The number of likely N-dealkylation sites (tertiary alicyclic amines) is 1. The monoisotopic (exact) mass is 332 g/mol. The zero-order chi connectivity index (χ0) is 17.5. The summed E-state index contributed by atoms with van der Waals surface area (Å²) >= 11 is 0. The first kappa shape index (κ1) is 16.5. The maximum atomic E-state index is 12.5. The first-order valence-corrected chi connectivity index (χ1v) is 8.29. The van der Waals surface area contributed by atoms with Gasteiger partial charge in [-0.3, -0.25) is 4.79 Å². The second-order valence-electron chi connectivity index (χ2n) is 7.36. The van der Waals surface area contributed by atoms with Crippen LogP contribution < -0.4 is 10.6 Å². The standard InChI is InChI=1S/C17H24N4O3/c1-17(2,3)24-16(23)20-8-4-5-11(10-20)21-13-6-7-19-15(18)12(13)9-14(21)22/h6-7,11H,4-5,8-10H2,1-3H3,(H2,18,19)/t11-/m1/s1. The number of carbonyl (C=O) groups is 2. The number of fused-ring (bicyclic) bond motifs is 1. The third kappa shape index (κ3) is 3.16. The number of nitrogens with two attached hydrogens (primary N) is 1. The molecular formula is C17H24N4O3. The Morgan fingerprint density at radius 1 is 1.42 bits per heavy atom. The van der Waals surface area contributed by atoms with E-state index in [2.05, 4.69) is 4.98 Å². The van der Waals surface area contributed by atoms with Gasteiger partial charge in [-0.2, -0.15) is 0 Å². The molecule has 0 aromatic carbocycles. The fraction of sp³-hybridized carbons (Fsp3) is 0.588. The number of hydrogen-bond acceptors (Lipinski definition) is 5. The number of nitrogens with zero attached hydrogens (tertiary/aromatic N) is 3. The summed E-state index contributed by atoms with van der Waals surface area (Å²) in [6, 6.07) is 1.77. The number of nitrogen functional groups attached to an aromatic ring is 1. The van der Waals surface area contributed by atoms with Crippen LogP contribution in [-0.4, -0.2) is 46.6 Å². The number of ether oxygens (including phenoxy) is 1. The lowest BCUT2D eigenvalue weighted by atomic mass is 10.0. The number of rotatable bonds is 1. The molecule has 2 aliphatic rings. The van der Waals surface area contributed by atoms with Gasteiger partial charge in [0.1, 0.15) is 11.4 Å². The Kier molecular flexibility index (Phi) is 4.11. The van der Waals surface area contributed by atoms with E-state index in [-0.39, 0.29) is 24.5 Å². The number of pyridine rings is 1. The van der Waals surface area contributed by atoms with E-state index >= 15 is 0 Å². The van der Waals surface area contributed by atoms with Gasteiger partial charge in [-0.05, 0) is 39.7 Å². The van der Waals surface area contributed by atoms with Crippen molar-refractivity contribution >= 4 is 23.5 Å². The highest BCUT2D eigenvalue weighted by molar-refractivity contribution is 6.03. The molecule has 7 heteroatoms. The molecule has 24 heavy (non-hydrogen) atoms. The normalized spacial score (nSPS) is 21.0. The Labute approximate surface area is 141 Å². The number of amides is 2. The number of piperidine rings is 1. The van der Waals surface area contributed by atoms with Gasteiger partial charge in [-0.15, -0.1) is 0 Å². The van der Waals surface area contributed by atoms with E-state index in [0.717, 1.165) is 24.1 Å². The van der Waals surface area contributed by atoms with Gasteiger partial charge in [0.2, 0.25) is 5.91 Å². The average molecular weight is 332 g/mol. The highest BCUT2D eigenvalue weighted by Crippen LogP contribution is 2.35. The molecule has 7 nitrogen and oxygen atoms in total. The fourth-order valence-electron chi connectivity index (χ4n) is 3.33. The maximum Gasteiger partial charge on any atom is 0.410 e. The molecule has 0 bridgehead atoms. The first-order chi connectivity index (χ1) is 11.3. The van der Waals surface area contributed by atoms with Crippen LogP contribution in [0.2, 0.25) is 0 Å². The summed E-state index contributed by atoms with van der Waals surface area (Å²) in [5.74, 6) is 0.420. The smallest absolute Gasteiger partial charge is 0.410 e. The molecule has 0 unspecified atom stereocenters. The van der Waals surface area contributed by atoms with Gasteiger partial charge in [0.15, 0.2) is 0 Å². The summed E-state index contributed by atoms with van der Waals surface area (Å²) in [5.41, 5.74) is 6.98. The van der Waals surface area contributed by atoms with Crippen LogP contribution in [0, 0.1) is 0 Å². The van der Waals surface area contributed by atoms with Gasteiger partial charge < -0.3 is 20.3 Å². The molecule has 1 aromatic heterocycles. The van der Waals surface area contributed by atoms with Crippen LogP contribution >= 0.6 is 0 Å². The molecule has 1 atom stereocenters. The predicted octanol–water partition coefficient (Wildman–Crippen LogP) is 1.95. The van der Waals surface area contributed by atoms with E-state index < -0.39 is 5.60 Å². The van der Waals surface area contributed by atoms with Crippen molar-refractivity contribution in [3.8, 4) is 0 Å². The van der Waals surface area contributed by atoms with Crippen molar-refractivity contribution in [2.45, 2.75) is 51.7 Å².